The first kappa shape index (κ1) is 21.4. The van der Waals surface area contributed by atoms with Crippen LogP contribution in [0.2, 0.25) is 0 Å². The van der Waals surface area contributed by atoms with E-state index >= 15 is 0 Å². The SMILES string of the molecule is COc1cc(C(C)NC(=O)CCc2nc(-c3cccs3)no2)ccc1OC1CCCC1. The molecular formula is C23H27N3O4S. The molecule has 2 heterocycles. The van der Waals surface area contributed by atoms with Gasteiger partial charge in [0.1, 0.15) is 0 Å². The molecule has 1 fully saturated rings. The summed E-state index contributed by atoms with van der Waals surface area (Å²) in [5.74, 6) is 2.40. The molecule has 3 aromatic rings. The van der Waals surface area contributed by atoms with Gasteiger partial charge in [0.05, 0.1) is 24.1 Å². The Hall–Kier alpha value is -2.87. The fourth-order valence-electron chi connectivity index (χ4n) is 3.72. The van der Waals surface area contributed by atoms with Crippen LogP contribution < -0.4 is 14.8 Å². The lowest BCUT2D eigenvalue weighted by molar-refractivity contribution is -0.121. The third-order valence-corrected chi connectivity index (χ3v) is 6.30. The van der Waals surface area contributed by atoms with Crippen molar-refractivity contribution in [1.82, 2.24) is 15.5 Å². The van der Waals surface area contributed by atoms with Gasteiger partial charge in [-0.15, -0.1) is 11.3 Å². The van der Waals surface area contributed by atoms with Gasteiger partial charge in [-0.3, -0.25) is 4.79 Å². The number of ether oxygens (including phenoxy) is 2. The first-order valence-corrected chi connectivity index (χ1v) is 11.5. The molecule has 1 aliphatic carbocycles. The van der Waals surface area contributed by atoms with Crippen molar-refractivity contribution in [1.29, 1.82) is 0 Å². The van der Waals surface area contributed by atoms with Crippen LogP contribution in [0.15, 0.2) is 40.2 Å². The first-order chi connectivity index (χ1) is 15.1. The standard InChI is InChI=1S/C23H27N3O4S/c1-15(16-9-10-18(19(14-16)28-2)29-17-6-3-4-7-17)24-21(27)11-12-22-25-23(26-30-22)20-8-5-13-31-20/h5,8-10,13-15,17H,3-4,6-7,11-12H2,1-2H3,(H,24,27). The summed E-state index contributed by atoms with van der Waals surface area (Å²) in [5, 5.41) is 8.96. The molecule has 0 radical (unpaired) electrons. The summed E-state index contributed by atoms with van der Waals surface area (Å²) in [7, 11) is 1.64. The van der Waals surface area contributed by atoms with E-state index in [1.165, 1.54) is 12.8 Å². The highest BCUT2D eigenvalue weighted by Gasteiger charge is 2.20. The number of nitrogens with one attached hydrogen (secondary N) is 1. The van der Waals surface area contributed by atoms with Gasteiger partial charge in [-0.1, -0.05) is 17.3 Å². The van der Waals surface area contributed by atoms with Crippen LogP contribution in [0.4, 0.5) is 0 Å². The monoisotopic (exact) mass is 441 g/mol. The second kappa shape index (κ2) is 9.96. The maximum atomic E-state index is 12.4. The minimum atomic E-state index is -0.161. The normalized spacial score (nSPS) is 15.0. The lowest BCUT2D eigenvalue weighted by Gasteiger charge is -2.19. The third kappa shape index (κ3) is 5.44. The maximum Gasteiger partial charge on any atom is 0.227 e. The fraction of sp³-hybridized carbons (Fsp3) is 0.435. The van der Waals surface area contributed by atoms with E-state index in [0.717, 1.165) is 29.0 Å². The van der Waals surface area contributed by atoms with E-state index in [2.05, 4.69) is 15.5 Å². The van der Waals surface area contributed by atoms with Gasteiger partial charge in [-0.25, -0.2) is 0 Å². The minimum absolute atomic E-state index is 0.0753. The molecule has 7 nitrogen and oxygen atoms in total. The van der Waals surface area contributed by atoms with Crippen molar-refractivity contribution in [2.24, 2.45) is 0 Å². The number of benzene rings is 1. The Kier molecular flexibility index (Phi) is 6.86. The Bertz CT molecular complexity index is 996. The number of carbonyl (C=O) groups is 1. The predicted octanol–water partition coefficient (Wildman–Crippen LogP) is 4.94. The number of thiophene rings is 1. The second-order valence-corrected chi connectivity index (χ2v) is 8.66. The number of hydrogen-bond donors (Lipinski definition) is 1. The van der Waals surface area contributed by atoms with Crippen LogP contribution >= 0.6 is 11.3 Å². The average molecular weight is 442 g/mol. The van der Waals surface area contributed by atoms with Crippen LogP contribution in [-0.4, -0.2) is 29.3 Å². The largest absolute Gasteiger partial charge is 0.493 e. The molecule has 1 unspecified atom stereocenters. The van der Waals surface area contributed by atoms with Crippen molar-refractivity contribution in [2.75, 3.05) is 7.11 Å². The summed E-state index contributed by atoms with van der Waals surface area (Å²) in [5.41, 5.74) is 0.960. The van der Waals surface area contributed by atoms with Gasteiger partial charge in [0, 0.05) is 12.8 Å². The Morgan fingerprint density at radius 3 is 2.87 bits per heavy atom. The summed E-state index contributed by atoms with van der Waals surface area (Å²) >= 11 is 1.55. The van der Waals surface area contributed by atoms with Gasteiger partial charge in [-0.05, 0) is 61.7 Å². The smallest absolute Gasteiger partial charge is 0.227 e. The molecule has 164 valence electrons. The Balaban J connectivity index is 1.31. The molecular weight excluding hydrogens is 414 g/mol. The number of amides is 1. The number of hydrogen-bond acceptors (Lipinski definition) is 7. The van der Waals surface area contributed by atoms with Gasteiger partial charge in [0.15, 0.2) is 11.5 Å². The highest BCUT2D eigenvalue weighted by atomic mass is 32.1. The molecule has 8 heteroatoms. The van der Waals surface area contributed by atoms with E-state index in [4.69, 9.17) is 14.0 Å². The van der Waals surface area contributed by atoms with Crippen LogP contribution in [0.25, 0.3) is 10.7 Å². The number of aromatic nitrogens is 2. The van der Waals surface area contributed by atoms with Crippen LogP contribution in [-0.2, 0) is 11.2 Å². The molecule has 1 atom stereocenters. The number of nitrogens with zero attached hydrogens (tertiary/aromatic N) is 2. The summed E-state index contributed by atoms with van der Waals surface area (Å²) in [4.78, 5) is 17.7. The van der Waals surface area contributed by atoms with Gasteiger partial charge >= 0.3 is 0 Å². The molecule has 2 aromatic heterocycles. The topological polar surface area (TPSA) is 86.5 Å². The number of methoxy groups -OCH3 is 1. The highest BCUT2D eigenvalue weighted by molar-refractivity contribution is 7.13. The van der Waals surface area contributed by atoms with Crippen LogP contribution in [0.1, 0.15) is 56.5 Å². The molecule has 1 aromatic carbocycles. The molecule has 0 spiro atoms. The maximum absolute atomic E-state index is 12.4. The zero-order chi connectivity index (χ0) is 21.6. The zero-order valence-corrected chi connectivity index (χ0v) is 18.6. The van der Waals surface area contributed by atoms with Crippen molar-refractivity contribution in [2.45, 2.75) is 57.6 Å². The number of carbonyl (C=O) groups excluding carboxylic acids is 1. The minimum Gasteiger partial charge on any atom is -0.493 e. The summed E-state index contributed by atoms with van der Waals surface area (Å²) in [6.45, 7) is 1.95. The van der Waals surface area contributed by atoms with E-state index in [9.17, 15) is 4.79 Å². The molecule has 0 saturated heterocycles. The molecule has 0 aliphatic heterocycles. The number of rotatable bonds is 9. The van der Waals surface area contributed by atoms with Gasteiger partial charge < -0.3 is 19.3 Å². The predicted molar refractivity (Wildman–Crippen MR) is 118 cm³/mol. The van der Waals surface area contributed by atoms with Crippen LogP contribution in [0.3, 0.4) is 0 Å². The molecule has 1 amide bonds. The third-order valence-electron chi connectivity index (χ3n) is 5.44. The molecule has 1 saturated carbocycles. The van der Waals surface area contributed by atoms with Gasteiger partial charge in [0.25, 0.3) is 0 Å². The average Bonchev–Trinajstić information content (AvgIpc) is 3.55. The van der Waals surface area contributed by atoms with Crippen molar-refractivity contribution in [3.05, 3.63) is 47.2 Å². The Morgan fingerprint density at radius 1 is 1.29 bits per heavy atom. The molecule has 1 N–H and O–H groups in total. The second-order valence-electron chi connectivity index (χ2n) is 7.71. The molecule has 1 aliphatic rings. The fourth-order valence-corrected chi connectivity index (χ4v) is 4.37. The van der Waals surface area contributed by atoms with Crippen molar-refractivity contribution < 1.29 is 18.8 Å². The molecule has 4 rings (SSSR count). The van der Waals surface area contributed by atoms with Crippen molar-refractivity contribution in [3.8, 4) is 22.2 Å². The summed E-state index contributed by atoms with van der Waals surface area (Å²) in [6.07, 6.45) is 5.55. The van der Waals surface area contributed by atoms with Crippen LogP contribution in [0.5, 0.6) is 11.5 Å². The quantitative estimate of drug-likeness (QED) is 0.506. The van der Waals surface area contributed by atoms with Crippen molar-refractivity contribution >= 4 is 17.2 Å². The first-order valence-electron chi connectivity index (χ1n) is 10.6. The van der Waals surface area contributed by atoms with E-state index < -0.39 is 0 Å². The van der Waals surface area contributed by atoms with E-state index in [0.29, 0.717) is 23.9 Å². The summed E-state index contributed by atoms with van der Waals surface area (Å²) < 4.78 is 16.9. The lowest BCUT2D eigenvalue weighted by atomic mass is 10.1. The number of aryl methyl sites for hydroxylation is 1. The molecule has 31 heavy (non-hydrogen) atoms. The molecule has 0 bridgehead atoms. The lowest BCUT2D eigenvalue weighted by Crippen LogP contribution is -2.26. The van der Waals surface area contributed by atoms with Crippen LogP contribution in [0, 0.1) is 0 Å². The van der Waals surface area contributed by atoms with Gasteiger partial charge in [0.2, 0.25) is 17.6 Å². The highest BCUT2D eigenvalue weighted by Crippen LogP contribution is 2.33. The summed E-state index contributed by atoms with van der Waals surface area (Å²) in [6, 6.07) is 9.55. The zero-order valence-electron chi connectivity index (χ0n) is 17.8. The van der Waals surface area contributed by atoms with E-state index in [-0.39, 0.29) is 24.5 Å². The van der Waals surface area contributed by atoms with Gasteiger partial charge in [-0.2, -0.15) is 4.98 Å². The van der Waals surface area contributed by atoms with Crippen molar-refractivity contribution in [3.63, 3.8) is 0 Å². The Morgan fingerprint density at radius 2 is 2.13 bits per heavy atom. The Labute approximate surface area is 185 Å². The van der Waals surface area contributed by atoms with E-state index in [1.807, 2.05) is 42.6 Å². The van der Waals surface area contributed by atoms with E-state index in [1.54, 1.807) is 18.4 Å².